The quantitative estimate of drug-likeness (QED) is 0.433. The molecule has 0 aliphatic heterocycles. The number of hydrogen-bond acceptors (Lipinski definition) is 5. The zero-order chi connectivity index (χ0) is 22.6. The van der Waals surface area contributed by atoms with E-state index in [1.54, 1.807) is 11.3 Å². The van der Waals surface area contributed by atoms with Crippen LogP contribution in [0.25, 0.3) is 0 Å². The van der Waals surface area contributed by atoms with Crippen LogP contribution in [-0.2, 0) is 12.8 Å². The molecule has 0 N–H and O–H groups in total. The Hall–Kier alpha value is -2.32. The van der Waals surface area contributed by atoms with Gasteiger partial charge in [0, 0.05) is 11.1 Å². The fourth-order valence-corrected chi connectivity index (χ4v) is 5.14. The van der Waals surface area contributed by atoms with Gasteiger partial charge >= 0.3 is 0 Å². The third-order valence-corrected chi connectivity index (χ3v) is 7.25. The largest absolute Gasteiger partial charge is 0.490 e. The number of rotatable bonds is 7. The minimum atomic E-state index is 0.131. The van der Waals surface area contributed by atoms with Crippen LogP contribution in [0.2, 0.25) is 0 Å². The number of thiophene rings is 1. The molecule has 5 heteroatoms. The van der Waals surface area contributed by atoms with E-state index in [2.05, 4.69) is 40.7 Å². The summed E-state index contributed by atoms with van der Waals surface area (Å²) in [6.07, 6.45) is 6.05. The van der Waals surface area contributed by atoms with Gasteiger partial charge in [-0.3, -0.25) is 0 Å². The topological polar surface area (TPSA) is 54.6 Å². The molecule has 0 bridgehead atoms. The summed E-state index contributed by atoms with van der Waals surface area (Å²) in [7, 11) is 0. The molecular formula is C26H34N2O2S. The summed E-state index contributed by atoms with van der Waals surface area (Å²) in [6, 6.07) is 8.30. The van der Waals surface area contributed by atoms with E-state index in [9.17, 15) is 5.26 Å². The van der Waals surface area contributed by atoms with E-state index >= 15 is 0 Å². The zero-order valence-corrected chi connectivity index (χ0v) is 20.4. The van der Waals surface area contributed by atoms with Crippen LogP contribution < -0.4 is 9.47 Å². The van der Waals surface area contributed by atoms with Crippen LogP contribution in [0.1, 0.15) is 76.0 Å². The maximum absolute atomic E-state index is 9.79. The average Bonchev–Trinajstić information content (AvgIpc) is 3.10. The minimum absolute atomic E-state index is 0.131. The predicted molar refractivity (Wildman–Crippen MR) is 129 cm³/mol. The molecule has 0 fully saturated rings. The standard InChI is InChI=1S/C26H34N2O2S/c1-7-17(3)30-22-12-9-18(13-23(22)29-8-2)16-28-25-21(15-27)20-11-10-19(26(4,5)6)14-24(20)31-25/h9,12-13,16-17,19H,7-8,10-11,14H2,1-6H3/t17-,19-/m0/s1. The summed E-state index contributed by atoms with van der Waals surface area (Å²) >= 11 is 1.68. The van der Waals surface area contributed by atoms with Gasteiger partial charge in [-0.25, -0.2) is 4.99 Å². The van der Waals surface area contributed by atoms with Crippen molar-refractivity contribution in [3.05, 3.63) is 39.8 Å². The van der Waals surface area contributed by atoms with Crippen molar-refractivity contribution in [2.45, 2.75) is 73.3 Å². The van der Waals surface area contributed by atoms with E-state index in [-0.39, 0.29) is 11.5 Å². The highest BCUT2D eigenvalue weighted by Gasteiger charge is 2.32. The molecule has 1 aliphatic carbocycles. The van der Waals surface area contributed by atoms with E-state index in [1.165, 1.54) is 10.4 Å². The Morgan fingerprint density at radius 2 is 2.06 bits per heavy atom. The molecule has 0 saturated heterocycles. The third-order valence-electron chi connectivity index (χ3n) is 6.08. The van der Waals surface area contributed by atoms with Crippen molar-refractivity contribution in [1.82, 2.24) is 0 Å². The van der Waals surface area contributed by atoms with Crippen LogP contribution in [0.4, 0.5) is 5.00 Å². The highest BCUT2D eigenvalue weighted by Crippen LogP contribution is 2.45. The van der Waals surface area contributed by atoms with Crippen LogP contribution in [0.5, 0.6) is 11.5 Å². The van der Waals surface area contributed by atoms with Gasteiger partial charge in [-0.05, 0) is 80.2 Å². The molecule has 1 aromatic heterocycles. The van der Waals surface area contributed by atoms with Gasteiger partial charge in [0.15, 0.2) is 11.5 Å². The molecule has 31 heavy (non-hydrogen) atoms. The lowest BCUT2D eigenvalue weighted by Crippen LogP contribution is -2.26. The van der Waals surface area contributed by atoms with Crippen LogP contribution in [-0.4, -0.2) is 18.9 Å². The first-order valence-electron chi connectivity index (χ1n) is 11.3. The Balaban J connectivity index is 1.86. The van der Waals surface area contributed by atoms with Crippen molar-refractivity contribution in [2.75, 3.05) is 6.61 Å². The summed E-state index contributed by atoms with van der Waals surface area (Å²) in [5.41, 5.74) is 3.19. The highest BCUT2D eigenvalue weighted by molar-refractivity contribution is 7.16. The van der Waals surface area contributed by atoms with Crippen LogP contribution >= 0.6 is 11.3 Å². The summed E-state index contributed by atoms with van der Waals surface area (Å²) in [5, 5.41) is 10.6. The Morgan fingerprint density at radius 3 is 2.71 bits per heavy atom. The molecule has 166 valence electrons. The van der Waals surface area contributed by atoms with Gasteiger partial charge in [-0.2, -0.15) is 5.26 Å². The van der Waals surface area contributed by atoms with Crippen LogP contribution in [0.15, 0.2) is 23.2 Å². The molecule has 2 atom stereocenters. The fourth-order valence-electron chi connectivity index (χ4n) is 3.92. The third kappa shape index (κ3) is 5.49. The van der Waals surface area contributed by atoms with Crippen LogP contribution in [0.3, 0.4) is 0 Å². The predicted octanol–water partition coefficient (Wildman–Crippen LogP) is 7.10. The molecule has 3 rings (SSSR count). The summed E-state index contributed by atoms with van der Waals surface area (Å²) in [4.78, 5) is 6.06. The van der Waals surface area contributed by atoms with Crippen LogP contribution in [0, 0.1) is 22.7 Å². The summed E-state index contributed by atoms with van der Waals surface area (Å²) < 4.78 is 11.8. The van der Waals surface area contributed by atoms with E-state index in [0.29, 0.717) is 12.5 Å². The Morgan fingerprint density at radius 1 is 1.29 bits per heavy atom. The van der Waals surface area contributed by atoms with Gasteiger partial charge in [0.05, 0.1) is 18.3 Å². The molecule has 1 aliphatic rings. The van der Waals surface area contributed by atoms with Crippen molar-refractivity contribution < 1.29 is 9.47 Å². The van der Waals surface area contributed by atoms with Crippen molar-refractivity contribution in [2.24, 2.45) is 16.3 Å². The first kappa shape index (κ1) is 23.3. The molecule has 1 aromatic carbocycles. The smallest absolute Gasteiger partial charge is 0.161 e. The van der Waals surface area contributed by atoms with Gasteiger partial charge in [-0.1, -0.05) is 27.7 Å². The second-order valence-electron chi connectivity index (χ2n) is 9.34. The number of aliphatic imine (C=N–C) groups is 1. The van der Waals surface area contributed by atoms with Gasteiger partial charge in [0.1, 0.15) is 11.1 Å². The molecule has 0 saturated carbocycles. The Bertz CT molecular complexity index is 979. The van der Waals surface area contributed by atoms with Crippen molar-refractivity contribution in [1.29, 1.82) is 5.26 Å². The second kappa shape index (κ2) is 9.87. The van der Waals surface area contributed by atoms with Gasteiger partial charge in [0.2, 0.25) is 0 Å². The molecule has 0 amide bonds. The lowest BCUT2D eigenvalue weighted by molar-refractivity contribution is 0.203. The summed E-state index contributed by atoms with van der Waals surface area (Å²) in [5.74, 6) is 2.13. The monoisotopic (exact) mass is 438 g/mol. The average molecular weight is 439 g/mol. The fraction of sp³-hybridized carbons (Fsp3) is 0.538. The number of ether oxygens (including phenoxy) is 2. The van der Waals surface area contributed by atoms with Gasteiger partial charge in [-0.15, -0.1) is 11.3 Å². The number of hydrogen-bond donors (Lipinski definition) is 0. The zero-order valence-electron chi connectivity index (χ0n) is 19.6. The first-order valence-corrected chi connectivity index (χ1v) is 12.1. The molecule has 0 radical (unpaired) electrons. The van der Waals surface area contributed by atoms with Crippen molar-refractivity contribution in [3.8, 4) is 17.6 Å². The molecule has 1 heterocycles. The Labute approximate surface area is 190 Å². The number of fused-ring (bicyclic) bond motifs is 1. The minimum Gasteiger partial charge on any atom is -0.490 e. The van der Waals surface area contributed by atoms with E-state index < -0.39 is 0 Å². The van der Waals surface area contributed by atoms with E-state index in [1.807, 2.05) is 31.3 Å². The lowest BCUT2D eigenvalue weighted by atomic mass is 9.72. The molecular weight excluding hydrogens is 404 g/mol. The SMILES string of the molecule is CCOc1cc(C=Nc2sc3c(c2C#N)CC[C@H](C(C)(C)C)C3)ccc1O[C@@H](C)CC. The number of nitriles is 1. The second-order valence-corrected chi connectivity index (χ2v) is 10.4. The van der Waals surface area contributed by atoms with E-state index in [0.717, 1.165) is 53.3 Å². The summed E-state index contributed by atoms with van der Waals surface area (Å²) in [6.45, 7) is 13.6. The van der Waals surface area contributed by atoms with Crippen molar-refractivity contribution in [3.63, 3.8) is 0 Å². The highest BCUT2D eigenvalue weighted by atomic mass is 32.1. The molecule has 4 nitrogen and oxygen atoms in total. The molecule has 0 spiro atoms. The number of nitrogens with zero attached hydrogens (tertiary/aromatic N) is 2. The molecule has 0 unspecified atom stereocenters. The maximum Gasteiger partial charge on any atom is 0.161 e. The normalized spacial score (nSPS) is 17.3. The Kier molecular flexibility index (Phi) is 7.43. The van der Waals surface area contributed by atoms with Gasteiger partial charge in [0.25, 0.3) is 0 Å². The lowest BCUT2D eigenvalue weighted by Gasteiger charge is -2.33. The maximum atomic E-state index is 9.79. The first-order chi connectivity index (χ1) is 14.8. The molecule has 2 aromatic rings. The van der Waals surface area contributed by atoms with E-state index in [4.69, 9.17) is 14.5 Å². The van der Waals surface area contributed by atoms with Crippen molar-refractivity contribution >= 4 is 22.6 Å². The van der Waals surface area contributed by atoms with Gasteiger partial charge < -0.3 is 9.47 Å². The number of benzene rings is 1.